The Kier molecular flexibility index (Phi) is 4.98. The number of nitrogens with zero attached hydrogens (tertiary/aromatic N) is 5. The molecule has 0 fully saturated rings. The summed E-state index contributed by atoms with van der Waals surface area (Å²) in [5.41, 5.74) is 2.32. The summed E-state index contributed by atoms with van der Waals surface area (Å²) in [7, 11) is 0. The maximum absolute atomic E-state index is 12.3. The van der Waals surface area contributed by atoms with E-state index in [0.717, 1.165) is 17.8 Å². The third-order valence-electron chi connectivity index (χ3n) is 3.67. The topological polar surface area (TPSA) is 97.6 Å². The molecular weight excluding hydrogens is 318 g/mol. The minimum atomic E-state index is -0.212. The Morgan fingerprint density at radius 2 is 1.92 bits per heavy atom. The highest BCUT2D eigenvalue weighted by molar-refractivity contribution is 5.93. The molecular formula is C17H19N7O. The fourth-order valence-electron chi connectivity index (χ4n) is 2.32. The first-order chi connectivity index (χ1) is 12.2. The van der Waals surface area contributed by atoms with Crippen molar-refractivity contribution < 1.29 is 4.79 Å². The van der Waals surface area contributed by atoms with Gasteiger partial charge in [-0.25, -0.2) is 19.6 Å². The van der Waals surface area contributed by atoms with E-state index in [9.17, 15) is 4.79 Å². The fraction of sp³-hybridized carbons (Fsp3) is 0.235. The molecule has 2 heterocycles. The van der Waals surface area contributed by atoms with Crippen molar-refractivity contribution >= 4 is 11.9 Å². The van der Waals surface area contributed by atoms with E-state index in [1.54, 1.807) is 11.0 Å². The van der Waals surface area contributed by atoms with E-state index in [2.05, 4.69) is 30.7 Å². The predicted octanol–water partition coefficient (Wildman–Crippen LogP) is 1.98. The molecule has 128 valence electrons. The Morgan fingerprint density at radius 3 is 2.52 bits per heavy atom. The summed E-state index contributed by atoms with van der Waals surface area (Å²) in [5, 5.41) is 10.0. The highest BCUT2D eigenvalue weighted by Gasteiger charge is 2.12. The number of nitrogens with one attached hydrogen (secondary N) is 2. The number of aromatic nitrogens is 5. The molecule has 0 saturated heterocycles. The average Bonchev–Trinajstić information content (AvgIpc) is 3.17. The molecule has 0 aliphatic carbocycles. The molecule has 3 aromatic rings. The van der Waals surface area contributed by atoms with Gasteiger partial charge in [-0.2, -0.15) is 5.10 Å². The molecule has 1 unspecified atom stereocenters. The fourth-order valence-corrected chi connectivity index (χ4v) is 2.32. The summed E-state index contributed by atoms with van der Waals surface area (Å²) in [5.74, 6) is 0.298. The van der Waals surface area contributed by atoms with Crippen molar-refractivity contribution in [2.24, 2.45) is 0 Å². The van der Waals surface area contributed by atoms with E-state index < -0.39 is 0 Å². The maximum atomic E-state index is 12.3. The van der Waals surface area contributed by atoms with Gasteiger partial charge in [0.1, 0.15) is 12.7 Å². The largest absolute Gasteiger partial charge is 0.355 e. The second-order valence-corrected chi connectivity index (χ2v) is 5.45. The molecule has 0 radical (unpaired) electrons. The molecule has 1 amide bonds. The second-order valence-electron chi connectivity index (χ2n) is 5.45. The van der Waals surface area contributed by atoms with Crippen molar-refractivity contribution in [1.82, 2.24) is 30.0 Å². The van der Waals surface area contributed by atoms with Crippen LogP contribution in [0.2, 0.25) is 0 Å². The lowest BCUT2D eigenvalue weighted by Crippen LogP contribution is -2.27. The summed E-state index contributed by atoms with van der Waals surface area (Å²) in [6, 6.07) is 7.62. The van der Waals surface area contributed by atoms with Gasteiger partial charge in [0.25, 0.3) is 5.91 Å². The molecule has 1 atom stereocenters. The Bertz CT molecular complexity index is 813. The molecule has 1 aromatic carbocycles. The lowest BCUT2D eigenvalue weighted by Gasteiger charge is -2.15. The molecule has 25 heavy (non-hydrogen) atoms. The van der Waals surface area contributed by atoms with Crippen LogP contribution in [-0.4, -0.2) is 37.2 Å². The highest BCUT2D eigenvalue weighted by Crippen LogP contribution is 2.15. The summed E-state index contributed by atoms with van der Waals surface area (Å²) in [4.78, 5) is 24.5. The zero-order chi connectivity index (χ0) is 17.6. The average molecular weight is 337 g/mol. The summed E-state index contributed by atoms with van der Waals surface area (Å²) >= 11 is 0. The number of hydrogen-bond donors (Lipinski definition) is 2. The number of rotatable bonds is 6. The molecule has 2 aromatic heterocycles. The van der Waals surface area contributed by atoms with Crippen LogP contribution in [0, 0.1) is 0 Å². The first kappa shape index (κ1) is 16.6. The van der Waals surface area contributed by atoms with Gasteiger partial charge >= 0.3 is 0 Å². The number of hydrogen-bond acceptors (Lipinski definition) is 6. The van der Waals surface area contributed by atoms with Crippen LogP contribution in [0.15, 0.2) is 49.3 Å². The highest BCUT2D eigenvalue weighted by atomic mass is 16.1. The van der Waals surface area contributed by atoms with Crippen LogP contribution in [0.4, 0.5) is 5.95 Å². The van der Waals surface area contributed by atoms with E-state index in [1.165, 1.54) is 18.7 Å². The number of anilines is 1. The first-order valence-electron chi connectivity index (χ1n) is 7.99. The van der Waals surface area contributed by atoms with Crippen LogP contribution in [-0.2, 0) is 0 Å². The van der Waals surface area contributed by atoms with Crippen molar-refractivity contribution in [2.75, 3.05) is 11.9 Å². The van der Waals surface area contributed by atoms with Gasteiger partial charge in [0.2, 0.25) is 5.95 Å². The standard InChI is InChI=1S/C17H19N7O/c1-3-19-17-20-8-14(9-21-17)16(25)23-12(2)13-4-6-15(7-5-13)24-11-18-10-22-24/h4-12H,3H2,1-2H3,(H,23,25)(H,19,20,21). The van der Waals surface area contributed by atoms with Crippen molar-refractivity contribution in [2.45, 2.75) is 19.9 Å². The van der Waals surface area contributed by atoms with E-state index in [0.29, 0.717) is 11.5 Å². The van der Waals surface area contributed by atoms with Gasteiger partial charge in [-0.05, 0) is 31.5 Å². The van der Waals surface area contributed by atoms with Crippen LogP contribution in [0.3, 0.4) is 0 Å². The lowest BCUT2D eigenvalue weighted by atomic mass is 10.1. The molecule has 2 N–H and O–H groups in total. The smallest absolute Gasteiger partial charge is 0.254 e. The van der Waals surface area contributed by atoms with E-state index >= 15 is 0 Å². The molecule has 0 aliphatic rings. The Hall–Kier alpha value is -3.29. The Labute approximate surface area is 145 Å². The van der Waals surface area contributed by atoms with Crippen molar-refractivity contribution in [3.8, 4) is 5.69 Å². The van der Waals surface area contributed by atoms with Gasteiger partial charge in [-0.3, -0.25) is 4.79 Å². The summed E-state index contributed by atoms with van der Waals surface area (Å²) < 4.78 is 1.68. The summed E-state index contributed by atoms with van der Waals surface area (Å²) in [6.45, 7) is 4.61. The minimum Gasteiger partial charge on any atom is -0.355 e. The minimum absolute atomic E-state index is 0.147. The quantitative estimate of drug-likeness (QED) is 0.714. The molecule has 0 aliphatic heterocycles. The predicted molar refractivity (Wildman–Crippen MR) is 93.4 cm³/mol. The third kappa shape index (κ3) is 3.97. The van der Waals surface area contributed by atoms with E-state index in [-0.39, 0.29) is 11.9 Å². The van der Waals surface area contributed by atoms with E-state index in [4.69, 9.17) is 0 Å². The van der Waals surface area contributed by atoms with Crippen LogP contribution in [0.5, 0.6) is 0 Å². The molecule has 3 rings (SSSR count). The number of amides is 1. The van der Waals surface area contributed by atoms with Crippen LogP contribution < -0.4 is 10.6 Å². The van der Waals surface area contributed by atoms with Crippen molar-refractivity contribution in [3.05, 3.63) is 60.4 Å². The summed E-state index contributed by atoms with van der Waals surface area (Å²) in [6.07, 6.45) is 6.15. The molecule has 0 saturated carbocycles. The maximum Gasteiger partial charge on any atom is 0.254 e. The van der Waals surface area contributed by atoms with E-state index in [1.807, 2.05) is 38.1 Å². The van der Waals surface area contributed by atoms with Gasteiger partial charge < -0.3 is 10.6 Å². The van der Waals surface area contributed by atoms with Crippen LogP contribution in [0.25, 0.3) is 5.69 Å². The van der Waals surface area contributed by atoms with Crippen LogP contribution in [0.1, 0.15) is 35.8 Å². The van der Waals surface area contributed by atoms with Gasteiger partial charge in [0.15, 0.2) is 0 Å². The Balaban J connectivity index is 1.64. The SMILES string of the molecule is CCNc1ncc(C(=O)NC(C)c2ccc(-n3cncn3)cc2)cn1. The lowest BCUT2D eigenvalue weighted by molar-refractivity contribution is 0.0939. The van der Waals surface area contributed by atoms with Gasteiger partial charge in [-0.15, -0.1) is 0 Å². The van der Waals surface area contributed by atoms with Crippen molar-refractivity contribution in [1.29, 1.82) is 0 Å². The number of carbonyl (C=O) groups excluding carboxylic acids is 1. The third-order valence-corrected chi connectivity index (χ3v) is 3.67. The van der Waals surface area contributed by atoms with Crippen molar-refractivity contribution in [3.63, 3.8) is 0 Å². The molecule has 0 bridgehead atoms. The zero-order valence-corrected chi connectivity index (χ0v) is 14.0. The molecule has 0 spiro atoms. The zero-order valence-electron chi connectivity index (χ0n) is 14.0. The van der Waals surface area contributed by atoms with Gasteiger partial charge in [0.05, 0.1) is 17.3 Å². The number of benzene rings is 1. The Morgan fingerprint density at radius 1 is 1.20 bits per heavy atom. The van der Waals surface area contributed by atoms with Gasteiger partial charge in [-0.1, -0.05) is 12.1 Å². The number of carbonyl (C=O) groups is 1. The monoisotopic (exact) mass is 337 g/mol. The first-order valence-corrected chi connectivity index (χ1v) is 7.99. The van der Waals surface area contributed by atoms with Crippen LogP contribution >= 0.6 is 0 Å². The second kappa shape index (κ2) is 7.52. The van der Waals surface area contributed by atoms with Gasteiger partial charge in [0, 0.05) is 18.9 Å². The molecule has 8 heteroatoms. The normalized spacial score (nSPS) is 11.8. The molecule has 8 nitrogen and oxygen atoms in total.